The molecule has 0 aromatic rings. The molecule has 0 saturated heterocycles. The van der Waals surface area contributed by atoms with Crippen LogP contribution in [0, 0.1) is 9.85 Å². The second-order valence-corrected chi connectivity index (χ2v) is 1.94. The molecule has 0 aliphatic rings. The van der Waals surface area contributed by atoms with E-state index in [0.717, 1.165) is 0 Å². The van der Waals surface area contributed by atoms with E-state index in [2.05, 4.69) is 9.85 Å². The summed E-state index contributed by atoms with van der Waals surface area (Å²) in [6.07, 6.45) is 0.697. The maximum absolute atomic E-state index is 8.31. The van der Waals surface area contributed by atoms with Crippen molar-refractivity contribution in [3.05, 3.63) is 0 Å². The molecule has 0 amide bonds. The van der Waals surface area contributed by atoms with Crippen molar-refractivity contribution in [3.8, 4) is 9.85 Å². The molecular weight excluding hydrogens is 231 g/mol. The number of ether oxygens (including phenoxy) is 1. The van der Waals surface area contributed by atoms with Crippen molar-refractivity contribution in [2.24, 2.45) is 0 Å². The molecule has 1 N–H and O–H groups in total. The van der Waals surface area contributed by atoms with Crippen LogP contribution in [-0.4, -0.2) is 24.9 Å². The average molecular weight is 240 g/mol. The molecule has 3 heteroatoms. The molecular formula is C6H9IO2. The molecule has 0 bridgehead atoms. The van der Waals surface area contributed by atoms with Gasteiger partial charge in [0.2, 0.25) is 0 Å². The SMILES string of the molecule is OCCCOCC#CI. The molecule has 0 radical (unpaired) electrons. The zero-order valence-corrected chi connectivity index (χ0v) is 7.22. The van der Waals surface area contributed by atoms with E-state index in [1.807, 2.05) is 22.6 Å². The Morgan fingerprint density at radius 3 is 2.89 bits per heavy atom. The summed E-state index contributed by atoms with van der Waals surface area (Å²) in [5.74, 6) is 2.74. The quantitative estimate of drug-likeness (QED) is 0.447. The smallest absolute Gasteiger partial charge is 0.108 e. The van der Waals surface area contributed by atoms with Crippen molar-refractivity contribution in [2.45, 2.75) is 6.42 Å². The number of aliphatic hydroxyl groups excluding tert-OH is 1. The van der Waals surface area contributed by atoms with Gasteiger partial charge >= 0.3 is 0 Å². The van der Waals surface area contributed by atoms with E-state index in [0.29, 0.717) is 19.6 Å². The van der Waals surface area contributed by atoms with Crippen LogP contribution in [0.1, 0.15) is 6.42 Å². The van der Waals surface area contributed by atoms with E-state index >= 15 is 0 Å². The Kier molecular flexibility index (Phi) is 8.40. The Bertz CT molecular complexity index is 103. The Balaban J connectivity index is 2.80. The molecule has 0 aliphatic carbocycles. The summed E-state index contributed by atoms with van der Waals surface area (Å²) in [7, 11) is 0. The Morgan fingerprint density at radius 1 is 1.56 bits per heavy atom. The molecule has 0 atom stereocenters. The summed E-state index contributed by atoms with van der Waals surface area (Å²) in [5, 5.41) is 8.31. The molecule has 0 heterocycles. The Hall–Kier alpha value is 0.210. The van der Waals surface area contributed by atoms with Gasteiger partial charge in [0.25, 0.3) is 0 Å². The van der Waals surface area contributed by atoms with Crippen LogP contribution in [0.15, 0.2) is 0 Å². The summed E-state index contributed by atoms with van der Waals surface area (Å²) in [6, 6.07) is 0. The normalized spacial score (nSPS) is 8.22. The van der Waals surface area contributed by atoms with Gasteiger partial charge < -0.3 is 9.84 Å². The second kappa shape index (κ2) is 8.21. The number of halogens is 1. The summed E-state index contributed by atoms with van der Waals surface area (Å²) >= 11 is 1.96. The molecule has 2 nitrogen and oxygen atoms in total. The molecule has 0 aromatic carbocycles. The highest BCUT2D eigenvalue weighted by molar-refractivity contribution is 14.1. The zero-order chi connectivity index (χ0) is 6.95. The number of hydrogen-bond acceptors (Lipinski definition) is 2. The van der Waals surface area contributed by atoms with Crippen molar-refractivity contribution in [2.75, 3.05) is 19.8 Å². The topological polar surface area (TPSA) is 29.5 Å². The molecule has 0 unspecified atom stereocenters. The highest BCUT2D eigenvalue weighted by atomic mass is 127. The Morgan fingerprint density at radius 2 is 2.33 bits per heavy atom. The first kappa shape index (κ1) is 9.21. The standard InChI is InChI=1S/C6H9IO2/c7-3-1-5-9-6-2-4-8/h8H,2,4-6H2. The monoisotopic (exact) mass is 240 g/mol. The Labute approximate surface area is 68.7 Å². The average Bonchev–Trinajstić information content (AvgIpc) is 1.89. The van der Waals surface area contributed by atoms with Crippen molar-refractivity contribution < 1.29 is 9.84 Å². The highest BCUT2D eigenvalue weighted by Crippen LogP contribution is 1.79. The predicted molar refractivity (Wildman–Crippen MR) is 44.3 cm³/mol. The highest BCUT2D eigenvalue weighted by Gasteiger charge is 1.81. The molecule has 0 rings (SSSR count). The lowest BCUT2D eigenvalue weighted by atomic mass is 10.5. The molecule has 0 saturated carbocycles. The van der Waals surface area contributed by atoms with Crippen molar-refractivity contribution in [1.82, 2.24) is 0 Å². The van der Waals surface area contributed by atoms with Gasteiger partial charge in [-0.1, -0.05) is 5.92 Å². The van der Waals surface area contributed by atoms with Crippen LogP contribution in [0.4, 0.5) is 0 Å². The van der Waals surface area contributed by atoms with E-state index in [4.69, 9.17) is 9.84 Å². The van der Waals surface area contributed by atoms with Crippen LogP contribution < -0.4 is 0 Å². The van der Waals surface area contributed by atoms with E-state index in [1.165, 1.54) is 0 Å². The van der Waals surface area contributed by atoms with Gasteiger partial charge in [0.15, 0.2) is 0 Å². The first-order chi connectivity index (χ1) is 4.41. The molecule has 9 heavy (non-hydrogen) atoms. The maximum Gasteiger partial charge on any atom is 0.108 e. The fourth-order valence-electron chi connectivity index (χ4n) is 0.317. The zero-order valence-electron chi connectivity index (χ0n) is 5.06. The minimum Gasteiger partial charge on any atom is -0.396 e. The second-order valence-electron chi connectivity index (χ2n) is 1.40. The predicted octanol–water partition coefficient (Wildman–Crippen LogP) is 0.781. The summed E-state index contributed by atoms with van der Waals surface area (Å²) < 4.78 is 7.65. The lowest BCUT2D eigenvalue weighted by Gasteiger charge is -1.94. The summed E-state index contributed by atoms with van der Waals surface area (Å²) in [4.78, 5) is 0. The van der Waals surface area contributed by atoms with Crippen molar-refractivity contribution >= 4 is 22.6 Å². The first-order valence-electron chi connectivity index (χ1n) is 2.69. The van der Waals surface area contributed by atoms with E-state index in [-0.39, 0.29) is 6.61 Å². The van der Waals surface area contributed by atoms with Crippen LogP contribution in [0.25, 0.3) is 0 Å². The van der Waals surface area contributed by atoms with E-state index < -0.39 is 0 Å². The molecule has 52 valence electrons. The van der Waals surface area contributed by atoms with E-state index in [1.54, 1.807) is 0 Å². The fourth-order valence-corrected chi connectivity index (χ4v) is 0.473. The molecule has 0 aromatic heterocycles. The minimum absolute atomic E-state index is 0.192. The summed E-state index contributed by atoms with van der Waals surface area (Å²) in [6.45, 7) is 1.27. The van der Waals surface area contributed by atoms with Gasteiger partial charge in [0, 0.05) is 29.2 Å². The van der Waals surface area contributed by atoms with Crippen LogP contribution >= 0.6 is 22.6 Å². The fraction of sp³-hybridized carbons (Fsp3) is 0.667. The van der Waals surface area contributed by atoms with Gasteiger partial charge in [-0.05, 0) is 10.3 Å². The van der Waals surface area contributed by atoms with Crippen molar-refractivity contribution in [1.29, 1.82) is 0 Å². The first-order valence-corrected chi connectivity index (χ1v) is 3.76. The minimum atomic E-state index is 0.192. The lowest BCUT2D eigenvalue weighted by Crippen LogP contribution is -1.96. The van der Waals surface area contributed by atoms with Gasteiger partial charge in [-0.2, -0.15) is 0 Å². The number of hydrogen-bond donors (Lipinski definition) is 1. The third-order valence-electron chi connectivity index (χ3n) is 0.688. The lowest BCUT2D eigenvalue weighted by molar-refractivity contribution is 0.142. The van der Waals surface area contributed by atoms with Gasteiger partial charge in [-0.15, -0.1) is 0 Å². The molecule has 0 fully saturated rings. The largest absolute Gasteiger partial charge is 0.396 e. The van der Waals surface area contributed by atoms with Crippen LogP contribution in [0.5, 0.6) is 0 Å². The van der Waals surface area contributed by atoms with Gasteiger partial charge in [-0.25, -0.2) is 0 Å². The summed E-state index contributed by atoms with van der Waals surface area (Å²) in [5.41, 5.74) is 0. The molecule has 0 spiro atoms. The van der Waals surface area contributed by atoms with Crippen LogP contribution in [0.2, 0.25) is 0 Å². The van der Waals surface area contributed by atoms with Gasteiger partial charge in [0.05, 0.1) is 6.61 Å². The number of aliphatic hydroxyl groups is 1. The van der Waals surface area contributed by atoms with E-state index in [9.17, 15) is 0 Å². The van der Waals surface area contributed by atoms with Crippen molar-refractivity contribution in [3.63, 3.8) is 0 Å². The number of rotatable bonds is 4. The maximum atomic E-state index is 8.31. The molecule has 0 aliphatic heterocycles. The van der Waals surface area contributed by atoms with Gasteiger partial charge in [-0.3, -0.25) is 0 Å². The van der Waals surface area contributed by atoms with Crippen LogP contribution in [0.3, 0.4) is 0 Å². The third-order valence-corrected chi connectivity index (χ3v) is 1.07. The van der Waals surface area contributed by atoms with Gasteiger partial charge in [0.1, 0.15) is 6.61 Å². The third kappa shape index (κ3) is 8.21. The van der Waals surface area contributed by atoms with Crippen LogP contribution in [-0.2, 0) is 4.74 Å².